The van der Waals surface area contributed by atoms with Crippen LogP contribution in [0.5, 0.6) is 0 Å². The predicted molar refractivity (Wildman–Crippen MR) is 73.4 cm³/mol. The second-order valence-electron chi connectivity index (χ2n) is 4.38. The molecule has 0 saturated heterocycles. The monoisotopic (exact) mass is 342 g/mol. The van der Waals surface area contributed by atoms with Gasteiger partial charge >= 0.3 is 6.18 Å². The Labute approximate surface area is 130 Å². The largest absolute Gasteiger partial charge is 0.455 e. The average Bonchev–Trinajstić information content (AvgIpc) is 3.15. The average molecular weight is 342 g/mol. The van der Waals surface area contributed by atoms with E-state index in [0.29, 0.717) is 11.3 Å². The quantitative estimate of drug-likeness (QED) is 0.524. The number of ketones is 1. The zero-order valence-electron chi connectivity index (χ0n) is 11.1. The Bertz CT molecular complexity index is 870. The van der Waals surface area contributed by atoms with Crippen molar-refractivity contribution < 1.29 is 26.8 Å². The van der Waals surface area contributed by atoms with Gasteiger partial charge in [-0.2, -0.15) is 13.2 Å². The number of thiophene rings is 1. The van der Waals surface area contributed by atoms with E-state index in [0.717, 1.165) is 6.07 Å². The highest BCUT2D eigenvalue weighted by Crippen LogP contribution is 2.33. The second kappa shape index (κ2) is 5.58. The third kappa shape index (κ3) is 3.00. The Morgan fingerprint density at radius 1 is 1.04 bits per heavy atom. The van der Waals surface area contributed by atoms with Crippen LogP contribution in [-0.4, -0.2) is 22.2 Å². The van der Waals surface area contributed by atoms with Crippen molar-refractivity contribution in [2.45, 2.75) is 6.18 Å². The van der Waals surface area contributed by atoms with Crippen LogP contribution in [0.15, 0.2) is 40.8 Å². The van der Waals surface area contributed by atoms with Crippen molar-refractivity contribution >= 4 is 17.1 Å². The van der Waals surface area contributed by atoms with Gasteiger partial charge in [0.1, 0.15) is 5.82 Å². The van der Waals surface area contributed by atoms with E-state index in [2.05, 4.69) is 10.2 Å². The Kier molecular flexibility index (Phi) is 3.72. The van der Waals surface area contributed by atoms with Crippen molar-refractivity contribution in [3.05, 3.63) is 47.1 Å². The summed E-state index contributed by atoms with van der Waals surface area (Å²) in [4.78, 5) is 10.9. The first-order valence-electron chi connectivity index (χ1n) is 6.16. The lowest BCUT2D eigenvalue weighted by atomic mass is 10.2. The molecule has 0 atom stereocenters. The predicted octanol–water partition coefficient (Wildman–Crippen LogP) is 4.35. The van der Waals surface area contributed by atoms with E-state index in [1.54, 1.807) is 6.07 Å². The third-order valence-electron chi connectivity index (χ3n) is 2.83. The van der Waals surface area contributed by atoms with Crippen LogP contribution in [-0.2, 0) is 0 Å². The van der Waals surface area contributed by atoms with Crippen LogP contribution in [0.25, 0.3) is 22.2 Å². The zero-order chi connectivity index (χ0) is 16.6. The molecule has 0 aliphatic heterocycles. The summed E-state index contributed by atoms with van der Waals surface area (Å²) in [7, 11) is 0. The minimum absolute atomic E-state index is 0.0781. The molecular formula is C14H6F4N2O2S. The number of hydrogen-bond donors (Lipinski definition) is 0. The van der Waals surface area contributed by atoms with Crippen LogP contribution in [0.2, 0.25) is 0 Å². The number of carbonyl (C=O) groups is 1. The number of nitrogens with zero attached hydrogens (tertiary/aromatic N) is 2. The molecule has 0 spiro atoms. The molecule has 0 saturated carbocycles. The maximum Gasteiger partial charge on any atom is 0.455 e. The first-order valence-corrected chi connectivity index (χ1v) is 6.98. The molecule has 0 amide bonds. The fourth-order valence-electron chi connectivity index (χ4n) is 1.78. The van der Waals surface area contributed by atoms with Gasteiger partial charge < -0.3 is 4.42 Å². The topological polar surface area (TPSA) is 56.0 Å². The van der Waals surface area contributed by atoms with Gasteiger partial charge in [-0.25, -0.2) is 4.39 Å². The van der Waals surface area contributed by atoms with Crippen molar-refractivity contribution in [3.8, 4) is 22.2 Å². The lowest BCUT2D eigenvalue weighted by Crippen LogP contribution is -2.21. The maximum absolute atomic E-state index is 13.6. The number of hydrogen-bond acceptors (Lipinski definition) is 5. The minimum atomic E-state index is -4.95. The molecule has 0 unspecified atom stereocenters. The highest BCUT2D eigenvalue weighted by atomic mass is 32.1. The van der Waals surface area contributed by atoms with Crippen molar-refractivity contribution in [3.63, 3.8) is 0 Å². The van der Waals surface area contributed by atoms with Crippen molar-refractivity contribution in [1.82, 2.24) is 10.2 Å². The summed E-state index contributed by atoms with van der Waals surface area (Å²) in [5.41, 5.74) is 0.0781. The highest BCUT2D eigenvalue weighted by Gasteiger charge is 2.40. The molecule has 0 radical (unpaired) electrons. The molecule has 2 aromatic heterocycles. The van der Waals surface area contributed by atoms with Crippen LogP contribution in [0.4, 0.5) is 17.6 Å². The van der Waals surface area contributed by atoms with Crippen molar-refractivity contribution in [1.29, 1.82) is 0 Å². The Morgan fingerprint density at radius 3 is 2.43 bits per heavy atom. The van der Waals surface area contributed by atoms with E-state index < -0.39 is 22.7 Å². The number of aromatic nitrogens is 2. The highest BCUT2D eigenvalue weighted by molar-refractivity contribution is 7.17. The Morgan fingerprint density at radius 2 is 1.74 bits per heavy atom. The fraction of sp³-hybridized carbons (Fsp3) is 0.0714. The number of alkyl halides is 3. The number of rotatable bonds is 3. The Balaban J connectivity index is 1.92. The zero-order valence-corrected chi connectivity index (χ0v) is 11.9. The number of Topliss-reactive ketones (excluding diaryl/α,β-unsaturated/α-hetero) is 1. The maximum atomic E-state index is 13.6. The van der Waals surface area contributed by atoms with Gasteiger partial charge in [0.05, 0.1) is 15.3 Å². The van der Waals surface area contributed by atoms with Crippen LogP contribution in [0, 0.1) is 5.82 Å². The normalized spacial score (nSPS) is 11.7. The van der Waals surface area contributed by atoms with Crippen LogP contribution < -0.4 is 0 Å². The summed E-state index contributed by atoms with van der Waals surface area (Å²) < 4.78 is 56.0. The fourth-order valence-corrected chi connectivity index (χ4v) is 2.67. The van der Waals surface area contributed by atoms with Crippen molar-refractivity contribution in [2.24, 2.45) is 0 Å². The summed E-state index contributed by atoms with van der Waals surface area (Å²) in [5.74, 6) is -2.70. The van der Waals surface area contributed by atoms with Crippen LogP contribution in [0.1, 0.15) is 9.67 Å². The molecule has 3 aromatic rings. The first-order chi connectivity index (χ1) is 10.9. The molecule has 9 heteroatoms. The molecule has 23 heavy (non-hydrogen) atoms. The van der Waals surface area contributed by atoms with Crippen LogP contribution in [0.3, 0.4) is 0 Å². The molecule has 0 aliphatic rings. The van der Waals surface area contributed by atoms with Gasteiger partial charge in [-0.1, -0.05) is 12.1 Å². The van der Waals surface area contributed by atoms with Gasteiger partial charge in [0.25, 0.3) is 17.6 Å². The number of benzene rings is 1. The smallest absolute Gasteiger partial charge is 0.415 e. The van der Waals surface area contributed by atoms with Gasteiger partial charge in [-0.15, -0.1) is 21.5 Å². The second-order valence-corrected chi connectivity index (χ2v) is 5.47. The lowest BCUT2D eigenvalue weighted by Gasteiger charge is -2.00. The van der Waals surface area contributed by atoms with Crippen LogP contribution >= 0.6 is 11.3 Å². The summed E-state index contributed by atoms with van der Waals surface area (Å²) in [6.45, 7) is 0. The molecule has 1 aromatic carbocycles. The van der Waals surface area contributed by atoms with E-state index in [9.17, 15) is 22.4 Å². The summed E-state index contributed by atoms with van der Waals surface area (Å²) in [5, 5.41) is 7.34. The van der Waals surface area contributed by atoms with Gasteiger partial charge in [0, 0.05) is 0 Å². The van der Waals surface area contributed by atoms with E-state index in [1.807, 2.05) is 0 Å². The van der Waals surface area contributed by atoms with E-state index in [-0.39, 0.29) is 22.2 Å². The molecule has 0 N–H and O–H groups in total. The summed E-state index contributed by atoms with van der Waals surface area (Å²) >= 11 is 0.574. The van der Waals surface area contributed by atoms with E-state index >= 15 is 0 Å². The van der Waals surface area contributed by atoms with Gasteiger partial charge in [0.15, 0.2) is 0 Å². The molecule has 0 aliphatic carbocycles. The number of carbonyl (C=O) groups excluding carboxylic acids is 1. The summed E-state index contributed by atoms with van der Waals surface area (Å²) in [6.07, 6.45) is -4.95. The van der Waals surface area contributed by atoms with Gasteiger partial charge in [-0.3, -0.25) is 4.79 Å². The third-order valence-corrected chi connectivity index (χ3v) is 3.90. The molecular weight excluding hydrogens is 336 g/mol. The SMILES string of the molecule is O=C(c1ccc(-c2nnc(-c3ccccc3F)o2)s1)C(F)(F)F. The first kappa shape index (κ1) is 15.3. The lowest BCUT2D eigenvalue weighted by molar-refractivity contribution is -0.0882. The Hall–Kier alpha value is -2.55. The van der Waals surface area contributed by atoms with Gasteiger partial charge in [0.2, 0.25) is 0 Å². The summed E-state index contributed by atoms with van der Waals surface area (Å²) in [6, 6.07) is 8.01. The standard InChI is InChI=1S/C14H6F4N2O2S/c15-8-4-2-1-3-7(8)12-19-20-13(22-12)10-6-5-9(23-10)11(21)14(16,17)18/h1-6H. The molecule has 3 rings (SSSR count). The molecule has 4 nitrogen and oxygen atoms in total. The molecule has 0 fully saturated rings. The number of halogens is 4. The molecule has 0 bridgehead atoms. The van der Waals surface area contributed by atoms with Gasteiger partial charge in [-0.05, 0) is 24.3 Å². The molecule has 118 valence electrons. The van der Waals surface area contributed by atoms with Crippen molar-refractivity contribution in [2.75, 3.05) is 0 Å². The van der Waals surface area contributed by atoms with E-state index in [4.69, 9.17) is 4.42 Å². The van der Waals surface area contributed by atoms with E-state index in [1.165, 1.54) is 24.3 Å². The molecule has 2 heterocycles. The minimum Gasteiger partial charge on any atom is -0.415 e.